The van der Waals surface area contributed by atoms with Gasteiger partial charge in [-0.1, -0.05) is 36.4 Å². The van der Waals surface area contributed by atoms with E-state index < -0.39 is 0 Å². The molecule has 20 heavy (non-hydrogen) atoms. The SMILES string of the molecule is COc1ccc(OC/C=C/c2ccccc2)c(C=O)c1. The van der Waals surface area contributed by atoms with E-state index >= 15 is 0 Å². The molecule has 0 atom stereocenters. The Labute approximate surface area is 118 Å². The number of hydrogen-bond donors (Lipinski definition) is 0. The van der Waals surface area contributed by atoms with Crippen molar-refractivity contribution in [2.45, 2.75) is 0 Å². The molecular formula is C17H16O3. The quantitative estimate of drug-likeness (QED) is 0.751. The van der Waals surface area contributed by atoms with Crippen molar-refractivity contribution < 1.29 is 14.3 Å². The number of hydrogen-bond acceptors (Lipinski definition) is 3. The first-order valence-corrected chi connectivity index (χ1v) is 6.31. The van der Waals surface area contributed by atoms with Crippen LogP contribution in [0.1, 0.15) is 15.9 Å². The lowest BCUT2D eigenvalue weighted by Crippen LogP contribution is -1.97. The van der Waals surface area contributed by atoms with Crippen LogP contribution in [0.2, 0.25) is 0 Å². The number of methoxy groups -OCH3 is 1. The molecule has 0 aromatic heterocycles. The third-order valence-electron chi connectivity index (χ3n) is 2.79. The zero-order chi connectivity index (χ0) is 14.2. The summed E-state index contributed by atoms with van der Waals surface area (Å²) in [5.41, 5.74) is 1.60. The van der Waals surface area contributed by atoms with Gasteiger partial charge in [0, 0.05) is 0 Å². The van der Waals surface area contributed by atoms with E-state index in [1.807, 2.05) is 42.5 Å². The van der Waals surface area contributed by atoms with Gasteiger partial charge in [-0.05, 0) is 29.8 Å². The minimum absolute atomic E-state index is 0.405. The number of carbonyl (C=O) groups is 1. The lowest BCUT2D eigenvalue weighted by atomic mass is 10.2. The van der Waals surface area contributed by atoms with Crippen LogP contribution in [-0.2, 0) is 0 Å². The zero-order valence-corrected chi connectivity index (χ0v) is 11.3. The van der Waals surface area contributed by atoms with Gasteiger partial charge >= 0.3 is 0 Å². The molecule has 0 aliphatic rings. The Balaban J connectivity index is 1.97. The Kier molecular flexibility index (Phi) is 4.95. The highest BCUT2D eigenvalue weighted by atomic mass is 16.5. The Bertz CT molecular complexity index is 588. The molecule has 0 bridgehead atoms. The van der Waals surface area contributed by atoms with Gasteiger partial charge in [-0.3, -0.25) is 4.79 Å². The molecule has 3 heteroatoms. The molecule has 0 unspecified atom stereocenters. The van der Waals surface area contributed by atoms with E-state index in [4.69, 9.17) is 9.47 Å². The number of rotatable bonds is 6. The summed E-state index contributed by atoms with van der Waals surface area (Å²) >= 11 is 0. The highest BCUT2D eigenvalue weighted by molar-refractivity contribution is 5.80. The average molecular weight is 268 g/mol. The first kappa shape index (κ1) is 13.9. The fraction of sp³-hybridized carbons (Fsp3) is 0.118. The van der Waals surface area contributed by atoms with E-state index in [9.17, 15) is 4.79 Å². The molecule has 2 aromatic carbocycles. The van der Waals surface area contributed by atoms with Crippen molar-refractivity contribution >= 4 is 12.4 Å². The van der Waals surface area contributed by atoms with Crippen LogP contribution in [0, 0.1) is 0 Å². The number of carbonyl (C=O) groups excluding carboxylic acids is 1. The molecule has 0 fully saturated rings. The van der Waals surface area contributed by atoms with Crippen LogP contribution in [0.5, 0.6) is 11.5 Å². The lowest BCUT2D eigenvalue weighted by molar-refractivity contribution is 0.111. The molecule has 0 saturated heterocycles. The fourth-order valence-corrected chi connectivity index (χ4v) is 1.76. The molecule has 0 amide bonds. The minimum atomic E-state index is 0.405. The predicted molar refractivity (Wildman–Crippen MR) is 79.4 cm³/mol. The molecule has 0 radical (unpaired) electrons. The van der Waals surface area contributed by atoms with Crippen molar-refractivity contribution in [1.29, 1.82) is 0 Å². The van der Waals surface area contributed by atoms with Gasteiger partial charge in [-0.15, -0.1) is 0 Å². The Morgan fingerprint density at radius 1 is 1.10 bits per heavy atom. The van der Waals surface area contributed by atoms with Gasteiger partial charge in [0.25, 0.3) is 0 Å². The van der Waals surface area contributed by atoms with E-state index in [0.717, 1.165) is 11.8 Å². The van der Waals surface area contributed by atoms with Gasteiger partial charge < -0.3 is 9.47 Å². The molecule has 0 spiro atoms. The summed E-state index contributed by atoms with van der Waals surface area (Å²) in [7, 11) is 1.56. The normalized spacial score (nSPS) is 10.4. The number of benzene rings is 2. The molecule has 2 rings (SSSR count). The fourth-order valence-electron chi connectivity index (χ4n) is 1.76. The van der Waals surface area contributed by atoms with Gasteiger partial charge in [0.2, 0.25) is 0 Å². The van der Waals surface area contributed by atoms with Crippen LogP contribution in [-0.4, -0.2) is 20.0 Å². The van der Waals surface area contributed by atoms with E-state index in [1.165, 1.54) is 0 Å². The first-order valence-electron chi connectivity index (χ1n) is 6.31. The van der Waals surface area contributed by atoms with Crippen molar-refractivity contribution in [2.75, 3.05) is 13.7 Å². The van der Waals surface area contributed by atoms with Crippen LogP contribution < -0.4 is 9.47 Å². The second kappa shape index (κ2) is 7.14. The van der Waals surface area contributed by atoms with Crippen molar-refractivity contribution in [3.8, 4) is 11.5 Å². The van der Waals surface area contributed by atoms with Gasteiger partial charge in [0.1, 0.15) is 18.1 Å². The summed E-state index contributed by atoms with van der Waals surface area (Å²) in [6, 6.07) is 15.1. The molecule has 0 aliphatic heterocycles. The van der Waals surface area contributed by atoms with Gasteiger partial charge in [0.15, 0.2) is 6.29 Å². The van der Waals surface area contributed by atoms with E-state index in [2.05, 4.69) is 0 Å². The van der Waals surface area contributed by atoms with E-state index in [0.29, 0.717) is 23.7 Å². The van der Waals surface area contributed by atoms with Crippen molar-refractivity contribution in [1.82, 2.24) is 0 Å². The summed E-state index contributed by atoms with van der Waals surface area (Å²) in [5, 5.41) is 0. The van der Waals surface area contributed by atoms with Crippen molar-refractivity contribution in [3.63, 3.8) is 0 Å². The van der Waals surface area contributed by atoms with Crippen LogP contribution in [0.15, 0.2) is 54.6 Å². The molecular weight excluding hydrogens is 252 g/mol. The first-order chi connectivity index (χ1) is 9.83. The van der Waals surface area contributed by atoms with Crippen molar-refractivity contribution in [3.05, 3.63) is 65.7 Å². The van der Waals surface area contributed by atoms with Crippen LogP contribution >= 0.6 is 0 Å². The Hall–Kier alpha value is -2.55. The van der Waals surface area contributed by atoms with Gasteiger partial charge in [-0.2, -0.15) is 0 Å². The molecule has 0 saturated carbocycles. The topological polar surface area (TPSA) is 35.5 Å². The third-order valence-corrected chi connectivity index (χ3v) is 2.79. The predicted octanol–water partition coefficient (Wildman–Crippen LogP) is 3.60. The lowest BCUT2D eigenvalue weighted by Gasteiger charge is -2.07. The van der Waals surface area contributed by atoms with Gasteiger partial charge in [0.05, 0.1) is 12.7 Å². The summed E-state index contributed by atoms with van der Waals surface area (Å²) in [6.45, 7) is 0.405. The van der Waals surface area contributed by atoms with Crippen LogP contribution in [0.25, 0.3) is 6.08 Å². The molecule has 3 nitrogen and oxygen atoms in total. The number of aldehydes is 1. The molecule has 102 valence electrons. The summed E-state index contributed by atoms with van der Waals surface area (Å²) < 4.78 is 10.6. The highest BCUT2D eigenvalue weighted by Gasteiger charge is 2.03. The second-order valence-electron chi connectivity index (χ2n) is 4.15. The summed E-state index contributed by atoms with van der Waals surface area (Å²) in [5.74, 6) is 1.19. The van der Waals surface area contributed by atoms with E-state index in [-0.39, 0.29) is 0 Å². The maximum absolute atomic E-state index is 11.0. The third kappa shape index (κ3) is 3.72. The number of ether oxygens (including phenoxy) is 2. The van der Waals surface area contributed by atoms with Crippen LogP contribution in [0.4, 0.5) is 0 Å². The molecule has 0 heterocycles. The molecule has 2 aromatic rings. The molecule has 0 N–H and O–H groups in total. The monoisotopic (exact) mass is 268 g/mol. The average Bonchev–Trinajstić information content (AvgIpc) is 2.52. The minimum Gasteiger partial charge on any atom is -0.497 e. The zero-order valence-electron chi connectivity index (χ0n) is 11.3. The maximum Gasteiger partial charge on any atom is 0.153 e. The highest BCUT2D eigenvalue weighted by Crippen LogP contribution is 2.22. The van der Waals surface area contributed by atoms with Gasteiger partial charge in [-0.25, -0.2) is 0 Å². The second-order valence-corrected chi connectivity index (χ2v) is 4.15. The Morgan fingerprint density at radius 2 is 1.90 bits per heavy atom. The maximum atomic E-state index is 11.0. The molecule has 0 aliphatic carbocycles. The smallest absolute Gasteiger partial charge is 0.153 e. The Morgan fingerprint density at radius 3 is 2.60 bits per heavy atom. The van der Waals surface area contributed by atoms with Crippen molar-refractivity contribution in [2.24, 2.45) is 0 Å². The van der Waals surface area contributed by atoms with E-state index in [1.54, 1.807) is 25.3 Å². The standard InChI is InChI=1S/C17H16O3/c1-19-16-9-10-17(15(12-16)13-18)20-11-5-8-14-6-3-2-4-7-14/h2-10,12-13H,11H2,1H3/b8-5+. The summed E-state index contributed by atoms with van der Waals surface area (Å²) in [4.78, 5) is 11.0. The largest absolute Gasteiger partial charge is 0.497 e. The summed E-state index contributed by atoms with van der Waals surface area (Å²) in [6.07, 6.45) is 4.65. The van der Waals surface area contributed by atoms with Crippen LogP contribution in [0.3, 0.4) is 0 Å².